The summed E-state index contributed by atoms with van der Waals surface area (Å²) in [5.41, 5.74) is 4.49. The van der Waals surface area contributed by atoms with Gasteiger partial charge in [-0.25, -0.2) is 4.98 Å². The normalized spacial score (nSPS) is 11.1. The molecule has 4 rings (SSSR count). The summed E-state index contributed by atoms with van der Waals surface area (Å²) in [4.78, 5) is 19.9. The molecule has 5 heteroatoms. The third-order valence-electron chi connectivity index (χ3n) is 3.74. The number of rotatable bonds is 2. The Balaban J connectivity index is 1.87. The summed E-state index contributed by atoms with van der Waals surface area (Å²) in [6.07, 6.45) is 0. The number of nitrogens with zero attached hydrogens (tertiary/aromatic N) is 2. The molecule has 108 valence electrons. The zero-order valence-corrected chi connectivity index (χ0v) is 12.0. The summed E-state index contributed by atoms with van der Waals surface area (Å²) >= 11 is 0. The average molecular weight is 290 g/mol. The first-order valence-corrected chi connectivity index (χ1v) is 7.05. The molecule has 0 saturated heterocycles. The molecular weight excluding hydrogens is 276 g/mol. The van der Waals surface area contributed by atoms with Crippen LogP contribution in [0.15, 0.2) is 59.4 Å². The van der Waals surface area contributed by atoms with E-state index in [4.69, 9.17) is 0 Å². The van der Waals surface area contributed by atoms with Crippen molar-refractivity contribution in [3.8, 4) is 17.2 Å². The van der Waals surface area contributed by atoms with E-state index in [1.807, 2.05) is 55.5 Å². The van der Waals surface area contributed by atoms with E-state index >= 15 is 0 Å². The molecule has 0 unspecified atom stereocenters. The van der Waals surface area contributed by atoms with Crippen LogP contribution in [0.1, 0.15) is 5.56 Å². The van der Waals surface area contributed by atoms with Gasteiger partial charge in [0, 0.05) is 11.6 Å². The van der Waals surface area contributed by atoms with Crippen molar-refractivity contribution in [1.29, 1.82) is 0 Å². The molecule has 5 nitrogen and oxygen atoms in total. The second-order valence-corrected chi connectivity index (χ2v) is 5.24. The van der Waals surface area contributed by atoms with Gasteiger partial charge in [0.1, 0.15) is 0 Å². The van der Waals surface area contributed by atoms with Crippen LogP contribution >= 0.6 is 0 Å². The van der Waals surface area contributed by atoms with Crippen molar-refractivity contribution < 1.29 is 0 Å². The highest BCUT2D eigenvalue weighted by Crippen LogP contribution is 2.20. The summed E-state index contributed by atoms with van der Waals surface area (Å²) in [5, 5.41) is 3.13. The van der Waals surface area contributed by atoms with E-state index in [2.05, 4.69) is 15.1 Å². The summed E-state index contributed by atoms with van der Waals surface area (Å²) in [6, 6.07) is 17.2. The minimum atomic E-state index is -0.141. The summed E-state index contributed by atoms with van der Waals surface area (Å²) in [6.45, 7) is 2.02. The monoisotopic (exact) mass is 290 g/mol. The first kappa shape index (κ1) is 12.6. The molecule has 2 aromatic carbocycles. The highest BCUT2D eigenvalue weighted by molar-refractivity contribution is 5.76. The maximum absolute atomic E-state index is 12.3. The lowest BCUT2D eigenvalue weighted by Gasteiger charge is -2.02. The number of nitrogens with one attached hydrogen (secondary N) is 2. The van der Waals surface area contributed by atoms with Gasteiger partial charge in [-0.05, 0) is 24.6 Å². The van der Waals surface area contributed by atoms with E-state index in [0.717, 1.165) is 27.9 Å². The van der Waals surface area contributed by atoms with Crippen LogP contribution in [-0.4, -0.2) is 19.7 Å². The van der Waals surface area contributed by atoms with Gasteiger partial charge in [0.25, 0.3) is 5.56 Å². The maximum Gasteiger partial charge on any atom is 0.274 e. The Hall–Kier alpha value is -3.08. The quantitative estimate of drug-likeness (QED) is 0.596. The average Bonchev–Trinajstić information content (AvgIpc) is 3.10. The number of imidazole rings is 1. The second-order valence-electron chi connectivity index (χ2n) is 5.24. The van der Waals surface area contributed by atoms with Gasteiger partial charge >= 0.3 is 0 Å². The van der Waals surface area contributed by atoms with Gasteiger partial charge in [-0.1, -0.05) is 36.4 Å². The molecule has 0 radical (unpaired) electrons. The molecule has 2 heterocycles. The molecule has 0 spiro atoms. The molecule has 22 heavy (non-hydrogen) atoms. The molecule has 4 aromatic rings. The third-order valence-corrected chi connectivity index (χ3v) is 3.74. The number of para-hydroxylation sites is 2. The number of hydrogen-bond acceptors (Lipinski definition) is 2. The fourth-order valence-corrected chi connectivity index (χ4v) is 2.61. The lowest BCUT2D eigenvalue weighted by Crippen LogP contribution is -2.14. The van der Waals surface area contributed by atoms with Crippen LogP contribution < -0.4 is 5.56 Å². The lowest BCUT2D eigenvalue weighted by molar-refractivity contribution is 0.804. The molecule has 0 aliphatic heterocycles. The molecule has 2 N–H and O–H groups in total. The number of aromatic amines is 2. The second kappa shape index (κ2) is 4.73. The molecule has 0 atom stereocenters. The minimum absolute atomic E-state index is 0.141. The molecule has 0 fully saturated rings. The Morgan fingerprint density at radius 1 is 1.05 bits per heavy atom. The molecule has 0 amide bonds. The third kappa shape index (κ3) is 1.95. The Morgan fingerprint density at radius 2 is 1.82 bits per heavy atom. The van der Waals surface area contributed by atoms with Crippen molar-refractivity contribution >= 4 is 11.0 Å². The minimum Gasteiger partial charge on any atom is -0.322 e. The zero-order valence-electron chi connectivity index (χ0n) is 12.0. The molecule has 0 saturated carbocycles. The molecule has 0 aliphatic carbocycles. The number of aryl methyl sites for hydroxylation is 1. The van der Waals surface area contributed by atoms with Gasteiger partial charge in [0.05, 0.1) is 16.7 Å². The van der Waals surface area contributed by atoms with Gasteiger partial charge in [0.15, 0.2) is 0 Å². The number of fused-ring (bicyclic) bond motifs is 1. The Kier molecular flexibility index (Phi) is 2.72. The van der Waals surface area contributed by atoms with Gasteiger partial charge < -0.3 is 4.98 Å². The van der Waals surface area contributed by atoms with Crippen molar-refractivity contribution in [2.24, 2.45) is 0 Å². The van der Waals surface area contributed by atoms with Gasteiger partial charge in [0.2, 0.25) is 5.95 Å². The predicted octanol–water partition coefficient (Wildman–Crippen LogP) is 3.02. The molecular formula is C17H14N4O. The smallest absolute Gasteiger partial charge is 0.274 e. The van der Waals surface area contributed by atoms with Crippen LogP contribution in [0, 0.1) is 6.92 Å². The van der Waals surface area contributed by atoms with Gasteiger partial charge in [-0.2, -0.15) is 4.68 Å². The predicted molar refractivity (Wildman–Crippen MR) is 86.2 cm³/mol. The van der Waals surface area contributed by atoms with Crippen LogP contribution in [-0.2, 0) is 0 Å². The Labute approximate surface area is 126 Å². The first-order valence-electron chi connectivity index (χ1n) is 7.05. The van der Waals surface area contributed by atoms with E-state index in [-0.39, 0.29) is 5.56 Å². The molecule has 0 aliphatic rings. The van der Waals surface area contributed by atoms with Crippen molar-refractivity contribution in [1.82, 2.24) is 19.7 Å². The van der Waals surface area contributed by atoms with E-state index in [1.165, 1.54) is 4.68 Å². The van der Waals surface area contributed by atoms with Crippen LogP contribution in [0.25, 0.3) is 28.2 Å². The Bertz CT molecular complexity index is 989. The number of H-pyrrole nitrogens is 2. The summed E-state index contributed by atoms with van der Waals surface area (Å²) < 4.78 is 1.43. The molecule has 0 bridgehead atoms. The van der Waals surface area contributed by atoms with E-state index in [0.29, 0.717) is 5.95 Å². The lowest BCUT2D eigenvalue weighted by atomic mass is 10.1. The van der Waals surface area contributed by atoms with Crippen molar-refractivity contribution in [3.05, 3.63) is 70.5 Å². The van der Waals surface area contributed by atoms with Crippen molar-refractivity contribution in [3.63, 3.8) is 0 Å². The topological polar surface area (TPSA) is 66.5 Å². The van der Waals surface area contributed by atoms with Crippen LogP contribution in [0.3, 0.4) is 0 Å². The summed E-state index contributed by atoms with van der Waals surface area (Å²) in [5.74, 6) is 0.492. The number of aromatic nitrogens is 4. The van der Waals surface area contributed by atoms with Crippen molar-refractivity contribution in [2.45, 2.75) is 6.92 Å². The molecule has 2 aromatic heterocycles. The SMILES string of the molecule is Cc1ccccc1-c1cc(=O)n(-c2nc3ccccc3[nH]2)[nH]1. The van der Waals surface area contributed by atoms with Crippen LogP contribution in [0.5, 0.6) is 0 Å². The number of benzene rings is 2. The summed E-state index contributed by atoms with van der Waals surface area (Å²) in [7, 11) is 0. The highest BCUT2D eigenvalue weighted by atomic mass is 16.1. The number of hydrogen-bond donors (Lipinski definition) is 2. The van der Waals surface area contributed by atoms with E-state index in [1.54, 1.807) is 6.07 Å². The zero-order chi connectivity index (χ0) is 15.1. The van der Waals surface area contributed by atoms with Crippen LogP contribution in [0.4, 0.5) is 0 Å². The fourth-order valence-electron chi connectivity index (χ4n) is 2.61. The van der Waals surface area contributed by atoms with Gasteiger partial charge in [-0.3, -0.25) is 9.89 Å². The fraction of sp³-hybridized carbons (Fsp3) is 0.0588. The van der Waals surface area contributed by atoms with Gasteiger partial charge in [-0.15, -0.1) is 0 Å². The van der Waals surface area contributed by atoms with Crippen molar-refractivity contribution in [2.75, 3.05) is 0 Å². The first-order chi connectivity index (χ1) is 10.7. The van der Waals surface area contributed by atoms with E-state index < -0.39 is 0 Å². The highest BCUT2D eigenvalue weighted by Gasteiger charge is 2.11. The van der Waals surface area contributed by atoms with E-state index in [9.17, 15) is 4.79 Å². The maximum atomic E-state index is 12.3. The largest absolute Gasteiger partial charge is 0.322 e. The van der Waals surface area contributed by atoms with Crippen LogP contribution in [0.2, 0.25) is 0 Å². The Morgan fingerprint density at radius 3 is 2.64 bits per heavy atom. The standard InChI is InChI=1S/C17H14N4O/c1-11-6-2-3-7-12(11)15-10-16(22)21(20-15)17-18-13-8-4-5-9-14(13)19-17/h2-10,20H,1H3,(H,18,19).